The summed E-state index contributed by atoms with van der Waals surface area (Å²) in [6.45, 7) is -0.146. The van der Waals surface area contributed by atoms with Crippen LogP contribution in [0.25, 0.3) is 0 Å². The van der Waals surface area contributed by atoms with E-state index in [2.05, 4.69) is 10.2 Å². The van der Waals surface area contributed by atoms with Crippen molar-refractivity contribution in [2.75, 3.05) is 6.61 Å². The highest BCUT2D eigenvalue weighted by atomic mass is 32.2. The molecule has 1 amide bonds. The molecule has 2 aromatic carbocycles. The second kappa shape index (κ2) is 9.36. The van der Waals surface area contributed by atoms with Crippen LogP contribution in [0.5, 0.6) is 5.75 Å². The Bertz CT molecular complexity index is 715. The number of hydrogen-bond acceptors (Lipinski definition) is 5. The molecule has 2 aromatic rings. The lowest BCUT2D eigenvalue weighted by Gasteiger charge is -2.02. The monoisotopic (exact) mass is 342 g/mol. The molecule has 0 radical (unpaired) electrons. The van der Waals surface area contributed by atoms with E-state index in [1.807, 2.05) is 30.3 Å². The maximum absolute atomic E-state index is 10.6. The Morgan fingerprint density at radius 2 is 1.79 bits per heavy atom. The quantitative estimate of drug-likeness (QED) is 0.457. The SMILES string of the molecule is NC(=O)COc1ccc(C=NN=C(N)SCc2ccccc2)cc1. The summed E-state index contributed by atoms with van der Waals surface area (Å²) in [4.78, 5) is 10.6. The number of amides is 1. The smallest absolute Gasteiger partial charge is 0.255 e. The fourth-order valence-electron chi connectivity index (χ4n) is 1.72. The third-order valence-corrected chi connectivity index (χ3v) is 3.71. The molecule has 0 aromatic heterocycles. The van der Waals surface area contributed by atoms with E-state index in [1.54, 1.807) is 30.5 Å². The number of ether oxygens (including phenoxy) is 1. The van der Waals surface area contributed by atoms with E-state index in [0.717, 1.165) is 11.3 Å². The number of benzene rings is 2. The predicted molar refractivity (Wildman–Crippen MR) is 98.1 cm³/mol. The van der Waals surface area contributed by atoms with Crippen molar-refractivity contribution in [2.24, 2.45) is 21.7 Å². The third-order valence-electron chi connectivity index (χ3n) is 2.85. The Hall–Kier alpha value is -2.80. The molecule has 0 spiro atoms. The van der Waals surface area contributed by atoms with Crippen molar-refractivity contribution in [1.29, 1.82) is 0 Å². The highest BCUT2D eigenvalue weighted by Gasteiger charge is 1.98. The summed E-state index contributed by atoms with van der Waals surface area (Å²) in [6, 6.07) is 17.0. The Morgan fingerprint density at radius 1 is 1.08 bits per heavy atom. The molecular weight excluding hydrogens is 324 g/mol. The molecule has 124 valence electrons. The van der Waals surface area contributed by atoms with Crippen LogP contribution in [0.3, 0.4) is 0 Å². The molecule has 0 saturated carbocycles. The fourth-order valence-corrected chi connectivity index (χ4v) is 2.33. The molecular formula is C17H18N4O2S. The lowest BCUT2D eigenvalue weighted by molar-refractivity contribution is -0.119. The van der Waals surface area contributed by atoms with Crippen LogP contribution in [-0.4, -0.2) is 23.9 Å². The van der Waals surface area contributed by atoms with Gasteiger partial charge in [0.05, 0.1) is 6.21 Å². The van der Waals surface area contributed by atoms with Gasteiger partial charge in [-0.3, -0.25) is 4.79 Å². The number of thioether (sulfide) groups is 1. The number of amidine groups is 1. The first-order valence-electron chi connectivity index (χ1n) is 7.18. The molecule has 7 heteroatoms. The zero-order valence-corrected chi connectivity index (χ0v) is 13.8. The second-order valence-electron chi connectivity index (χ2n) is 4.78. The van der Waals surface area contributed by atoms with Crippen molar-refractivity contribution in [2.45, 2.75) is 5.75 Å². The van der Waals surface area contributed by atoms with Gasteiger partial charge in [0, 0.05) is 5.75 Å². The predicted octanol–water partition coefficient (Wildman–Crippen LogP) is 2.13. The molecule has 6 nitrogen and oxygen atoms in total. The van der Waals surface area contributed by atoms with Gasteiger partial charge in [0.2, 0.25) is 0 Å². The average Bonchev–Trinajstić information content (AvgIpc) is 2.60. The van der Waals surface area contributed by atoms with Gasteiger partial charge in [-0.15, -0.1) is 5.10 Å². The van der Waals surface area contributed by atoms with E-state index in [-0.39, 0.29) is 6.61 Å². The van der Waals surface area contributed by atoms with Crippen molar-refractivity contribution in [3.05, 3.63) is 65.7 Å². The summed E-state index contributed by atoms with van der Waals surface area (Å²) < 4.78 is 5.17. The van der Waals surface area contributed by atoms with Gasteiger partial charge < -0.3 is 16.2 Å². The molecule has 0 bridgehead atoms. The summed E-state index contributed by atoms with van der Waals surface area (Å²) in [5.74, 6) is 0.795. The molecule has 0 aliphatic heterocycles. The zero-order chi connectivity index (χ0) is 17.2. The van der Waals surface area contributed by atoms with Crippen molar-refractivity contribution in [3.63, 3.8) is 0 Å². The summed E-state index contributed by atoms with van der Waals surface area (Å²) in [7, 11) is 0. The lowest BCUT2D eigenvalue weighted by Crippen LogP contribution is -2.19. The van der Waals surface area contributed by atoms with E-state index in [4.69, 9.17) is 16.2 Å². The highest BCUT2D eigenvalue weighted by Crippen LogP contribution is 2.12. The van der Waals surface area contributed by atoms with E-state index in [1.165, 1.54) is 17.3 Å². The molecule has 0 heterocycles. The number of hydrogen-bond donors (Lipinski definition) is 2. The van der Waals surface area contributed by atoms with Crippen LogP contribution in [0.2, 0.25) is 0 Å². The Kier molecular flexibility index (Phi) is 6.85. The second-order valence-corrected chi connectivity index (χ2v) is 5.78. The zero-order valence-electron chi connectivity index (χ0n) is 13.0. The molecule has 4 N–H and O–H groups in total. The lowest BCUT2D eigenvalue weighted by atomic mass is 10.2. The van der Waals surface area contributed by atoms with E-state index in [9.17, 15) is 4.79 Å². The van der Waals surface area contributed by atoms with Crippen LogP contribution < -0.4 is 16.2 Å². The first-order chi connectivity index (χ1) is 11.6. The number of carbonyl (C=O) groups excluding carboxylic acids is 1. The number of nitrogens with two attached hydrogens (primary N) is 2. The van der Waals surface area contributed by atoms with E-state index >= 15 is 0 Å². The van der Waals surface area contributed by atoms with Gasteiger partial charge in [-0.2, -0.15) is 5.10 Å². The molecule has 0 saturated heterocycles. The molecule has 0 fully saturated rings. The molecule has 0 atom stereocenters. The molecule has 0 aliphatic carbocycles. The average molecular weight is 342 g/mol. The Balaban J connectivity index is 1.82. The van der Waals surface area contributed by atoms with Gasteiger partial charge in [0.15, 0.2) is 11.8 Å². The van der Waals surface area contributed by atoms with Crippen LogP contribution in [0.15, 0.2) is 64.8 Å². The van der Waals surface area contributed by atoms with Crippen LogP contribution >= 0.6 is 11.8 Å². The number of nitrogens with zero attached hydrogens (tertiary/aromatic N) is 2. The van der Waals surface area contributed by atoms with Crippen molar-refractivity contribution < 1.29 is 9.53 Å². The molecule has 2 rings (SSSR count). The van der Waals surface area contributed by atoms with Gasteiger partial charge in [0.1, 0.15) is 5.75 Å². The number of carbonyl (C=O) groups is 1. The Morgan fingerprint density at radius 3 is 2.46 bits per heavy atom. The Labute approximate surface area is 144 Å². The number of rotatable bonds is 7. The third kappa shape index (κ3) is 6.53. The first kappa shape index (κ1) is 17.6. The van der Waals surface area contributed by atoms with Crippen molar-refractivity contribution in [1.82, 2.24) is 0 Å². The van der Waals surface area contributed by atoms with Gasteiger partial charge in [-0.1, -0.05) is 42.1 Å². The fraction of sp³-hybridized carbons (Fsp3) is 0.118. The minimum atomic E-state index is -0.515. The highest BCUT2D eigenvalue weighted by molar-refractivity contribution is 8.13. The summed E-state index contributed by atoms with van der Waals surface area (Å²) in [5.41, 5.74) is 12.8. The summed E-state index contributed by atoms with van der Waals surface area (Å²) in [6.07, 6.45) is 1.59. The van der Waals surface area contributed by atoms with Gasteiger partial charge in [-0.25, -0.2) is 0 Å². The molecule has 0 unspecified atom stereocenters. The van der Waals surface area contributed by atoms with E-state index in [0.29, 0.717) is 10.9 Å². The van der Waals surface area contributed by atoms with Gasteiger partial charge in [0.25, 0.3) is 5.91 Å². The molecule has 24 heavy (non-hydrogen) atoms. The molecule has 0 aliphatic rings. The summed E-state index contributed by atoms with van der Waals surface area (Å²) in [5, 5.41) is 8.31. The maximum atomic E-state index is 10.6. The largest absolute Gasteiger partial charge is 0.484 e. The maximum Gasteiger partial charge on any atom is 0.255 e. The van der Waals surface area contributed by atoms with Crippen LogP contribution in [0, 0.1) is 0 Å². The first-order valence-corrected chi connectivity index (χ1v) is 8.16. The van der Waals surface area contributed by atoms with Gasteiger partial charge in [-0.05, 0) is 35.4 Å². The van der Waals surface area contributed by atoms with Crippen LogP contribution in [0.1, 0.15) is 11.1 Å². The van der Waals surface area contributed by atoms with Crippen LogP contribution in [0.4, 0.5) is 0 Å². The van der Waals surface area contributed by atoms with Gasteiger partial charge >= 0.3 is 0 Å². The minimum Gasteiger partial charge on any atom is -0.484 e. The van der Waals surface area contributed by atoms with E-state index < -0.39 is 5.91 Å². The summed E-state index contributed by atoms with van der Waals surface area (Å²) >= 11 is 1.43. The minimum absolute atomic E-state index is 0.146. The standard InChI is InChI=1S/C17H18N4O2S/c18-16(22)11-23-15-8-6-13(7-9-15)10-20-21-17(19)24-12-14-4-2-1-3-5-14/h1-10H,11-12H2,(H2,18,22)(H2,19,21). The van der Waals surface area contributed by atoms with Crippen LogP contribution in [-0.2, 0) is 10.5 Å². The van der Waals surface area contributed by atoms with Crippen molar-refractivity contribution in [3.8, 4) is 5.75 Å². The van der Waals surface area contributed by atoms with Crippen molar-refractivity contribution >= 4 is 29.1 Å². The topological polar surface area (TPSA) is 103 Å². The normalized spacial score (nSPS) is 11.6. The number of primary amides is 1.